The van der Waals surface area contributed by atoms with Crippen molar-refractivity contribution >= 4 is 11.9 Å². The lowest BCUT2D eigenvalue weighted by Crippen LogP contribution is -2.41. The number of nitrogens with zero attached hydrogens (tertiary/aromatic N) is 2. The molecule has 1 aromatic heterocycles. The zero-order valence-corrected chi connectivity index (χ0v) is 11.1. The zero-order chi connectivity index (χ0) is 15.2. The maximum absolute atomic E-state index is 11.9. The molecule has 0 bridgehead atoms. The van der Waals surface area contributed by atoms with E-state index in [1.807, 2.05) is 30.3 Å². The second kappa shape index (κ2) is 6.67. The van der Waals surface area contributed by atoms with Gasteiger partial charge < -0.3 is 15.5 Å². The molecular weight excluding hydrogens is 274 g/mol. The average molecular weight is 289 g/mol. The minimum Gasteiger partial charge on any atom is -0.480 e. The van der Waals surface area contributed by atoms with E-state index in [-0.39, 0.29) is 18.7 Å². The molecule has 1 atom stereocenters. The Hall–Kier alpha value is -2.67. The van der Waals surface area contributed by atoms with Gasteiger partial charge in [0.25, 0.3) is 5.91 Å². The monoisotopic (exact) mass is 289 g/mol. The average Bonchev–Trinajstić information content (AvgIpc) is 2.97. The van der Waals surface area contributed by atoms with Gasteiger partial charge >= 0.3 is 5.97 Å². The first-order valence-electron chi connectivity index (χ1n) is 6.37. The maximum Gasteiger partial charge on any atom is 0.326 e. The Balaban J connectivity index is 2.10. The van der Waals surface area contributed by atoms with Crippen LogP contribution in [0.3, 0.4) is 0 Å². The molecule has 0 saturated heterocycles. The third-order valence-corrected chi connectivity index (χ3v) is 2.86. The van der Waals surface area contributed by atoms with Gasteiger partial charge in [0.15, 0.2) is 5.69 Å². The molecule has 0 saturated carbocycles. The highest BCUT2D eigenvalue weighted by molar-refractivity contribution is 5.94. The van der Waals surface area contributed by atoms with Gasteiger partial charge in [-0.1, -0.05) is 18.2 Å². The van der Waals surface area contributed by atoms with E-state index in [1.54, 1.807) is 6.20 Å². The highest BCUT2D eigenvalue weighted by atomic mass is 16.4. The van der Waals surface area contributed by atoms with Crippen molar-refractivity contribution in [1.82, 2.24) is 15.1 Å². The standard InChI is InChI=1S/C14H15N3O4/c18-9-7-12(14(20)21)15-13(19)11-6-8-17(16-11)10-4-2-1-3-5-10/h1-6,8,12,18H,7,9H2,(H,15,19)(H,20,21). The van der Waals surface area contributed by atoms with Crippen molar-refractivity contribution < 1.29 is 19.8 Å². The molecular formula is C14H15N3O4. The summed E-state index contributed by atoms with van der Waals surface area (Å²) in [6.45, 7) is -0.324. The van der Waals surface area contributed by atoms with Crippen LogP contribution in [-0.2, 0) is 4.79 Å². The molecule has 1 amide bonds. The van der Waals surface area contributed by atoms with Crippen LogP contribution >= 0.6 is 0 Å². The molecule has 7 nitrogen and oxygen atoms in total. The van der Waals surface area contributed by atoms with Gasteiger partial charge in [-0.25, -0.2) is 9.48 Å². The number of carboxylic acid groups (broad SMARTS) is 1. The van der Waals surface area contributed by atoms with Crippen LogP contribution in [0.15, 0.2) is 42.6 Å². The quantitative estimate of drug-likeness (QED) is 0.715. The summed E-state index contributed by atoms with van der Waals surface area (Å²) in [7, 11) is 0. The van der Waals surface area contributed by atoms with Crippen molar-refractivity contribution in [3.63, 3.8) is 0 Å². The Kier molecular flexibility index (Phi) is 4.68. The van der Waals surface area contributed by atoms with Crippen LogP contribution in [0.2, 0.25) is 0 Å². The van der Waals surface area contributed by atoms with E-state index in [0.29, 0.717) is 0 Å². The van der Waals surface area contributed by atoms with E-state index in [0.717, 1.165) is 5.69 Å². The van der Waals surface area contributed by atoms with Crippen molar-refractivity contribution in [2.45, 2.75) is 12.5 Å². The Morgan fingerprint density at radius 3 is 2.57 bits per heavy atom. The number of carbonyl (C=O) groups excluding carboxylic acids is 1. The lowest BCUT2D eigenvalue weighted by atomic mass is 10.2. The number of para-hydroxylation sites is 1. The predicted octanol–water partition coefficient (Wildman–Crippen LogP) is 0.438. The van der Waals surface area contributed by atoms with Crippen molar-refractivity contribution in [2.24, 2.45) is 0 Å². The van der Waals surface area contributed by atoms with Crippen LogP contribution in [-0.4, -0.2) is 44.5 Å². The fraction of sp³-hybridized carbons (Fsp3) is 0.214. The fourth-order valence-electron chi connectivity index (χ4n) is 1.79. The Morgan fingerprint density at radius 2 is 1.95 bits per heavy atom. The first-order chi connectivity index (χ1) is 10.1. The molecule has 1 heterocycles. The van der Waals surface area contributed by atoms with Crippen LogP contribution in [0.1, 0.15) is 16.9 Å². The van der Waals surface area contributed by atoms with Gasteiger partial charge in [0, 0.05) is 19.2 Å². The number of nitrogens with one attached hydrogen (secondary N) is 1. The highest BCUT2D eigenvalue weighted by Gasteiger charge is 2.21. The first-order valence-corrected chi connectivity index (χ1v) is 6.37. The van der Waals surface area contributed by atoms with Gasteiger partial charge in [0.2, 0.25) is 0 Å². The molecule has 2 rings (SSSR count). The van der Waals surface area contributed by atoms with Crippen molar-refractivity contribution in [1.29, 1.82) is 0 Å². The van der Waals surface area contributed by atoms with Gasteiger partial charge in [0.05, 0.1) is 5.69 Å². The third-order valence-electron chi connectivity index (χ3n) is 2.86. The fourth-order valence-corrected chi connectivity index (χ4v) is 1.79. The van der Waals surface area contributed by atoms with E-state index in [2.05, 4.69) is 10.4 Å². The highest BCUT2D eigenvalue weighted by Crippen LogP contribution is 2.07. The second-order valence-corrected chi connectivity index (χ2v) is 4.36. The summed E-state index contributed by atoms with van der Waals surface area (Å²) in [4.78, 5) is 22.9. The van der Waals surface area contributed by atoms with Crippen molar-refractivity contribution in [2.75, 3.05) is 6.61 Å². The van der Waals surface area contributed by atoms with E-state index < -0.39 is 17.9 Å². The smallest absolute Gasteiger partial charge is 0.326 e. The largest absolute Gasteiger partial charge is 0.480 e. The van der Waals surface area contributed by atoms with E-state index in [1.165, 1.54) is 10.7 Å². The van der Waals surface area contributed by atoms with Crippen molar-refractivity contribution in [3.05, 3.63) is 48.3 Å². The summed E-state index contributed by atoms with van der Waals surface area (Å²) in [5.74, 6) is -1.79. The summed E-state index contributed by atoms with van der Waals surface area (Å²) in [6, 6.07) is 9.59. The number of aliphatic hydroxyl groups excluding tert-OH is 1. The summed E-state index contributed by atoms with van der Waals surface area (Å²) in [5.41, 5.74) is 0.907. The summed E-state index contributed by atoms with van der Waals surface area (Å²) in [6.07, 6.45) is 1.56. The van der Waals surface area contributed by atoms with Gasteiger partial charge in [-0.3, -0.25) is 4.79 Å². The lowest BCUT2D eigenvalue weighted by molar-refractivity contribution is -0.139. The van der Waals surface area contributed by atoms with E-state index in [9.17, 15) is 9.59 Å². The third kappa shape index (κ3) is 3.67. The molecule has 0 fully saturated rings. The number of carbonyl (C=O) groups is 2. The predicted molar refractivity (Wildman–Crippen MR) is 74.2 cm³/mol. The molecule has 3 N–H and O–H groups in total. The Morgan fingerprint density at radius 1 is 1.24 bits per heavy atom. The van der Waals surface area contributed by atoms with Gasteiger partial charge in [-0.05, 0) is 18.2 Å². The summed E-state index contributed by atoms with van der Waals surface area (Å²) < 4.78 is 1.52. The molecule has 0 aliphatic rings. The van der Waals surface area contributed by atoms with E-state index >= 15 is 0 Å². The van der Waals surface area contributed by atoms with Crippen molar-refractivity contribution in [3.8, 4) is 5.69 Å². The second-order valence-electron chi connectivity index (χ2n) is 4.36. The van der Waals surface area contributed by atoms with Gasteiger partial charge in [-0.15, -0.1) is 0 Å². The molecule has 0 radical (unpaired) electrons. The minimum absolute atomic E-state index is 0.0551. The normalized spacial score (nSPS) is 11.9. The number of carboxylic acids is 1. The zero-order valence-electron chi connectivity index (χ0n) is 11.1. The SMILES string of the molecule is O=C(NC(CCO)C(=O)O)c1ccn(-c2ccccc2)n1. The summed E-state index contributed by atoms with van der Waals surface area (Å²) in [5, 5.41) is 24.1. The van der Waals surface area contributed by atoms with Crippen LogP contribution in [0.25, 0.3) is 5.69 Å². The number of aliphatic hydroxyl groups is 1. The summed E-state index contributed by atoms with van der Waals surface area (Å²) >= 11 is 0. The van der Waals surface area contributed by atoms with E-state index in [4.69, 9.17) is 10.2 Å². The van der Waals surface area contributed by atoms with Crippen LogP contribution in [0.5, 0.6) is 0 Å². The van der Waals surface area contributed by atoms with Gasteiger partial charge in [-0.2, -0.15) is 5.10 Å². The minimum atomic E-state index is -1.19. The number of rotatable bonds is 6. The molecule has 0 aliphatic carbocycles. The maximum atomic E-state index is 11.9. The molecule has 110 valence electrons. The lowest BCUT2D eigenvalue weighted by Gasteiger charge is -2.11. The molecule has 1 aromatic carbocycles. The topological polar surface area (TPSA) is 104 Å². The number of benzene rings is 1. The van der Waals surface area contributed by atoms with Crippen LogP contribution < -0.4 is 5.32 Å². The molecule has 7 heteroatoms. The Bertz CT molecular complexity index is 624. The molecule has 1 unspecified atom stereocenters. The molecule has 21 heavy (non-hydrogen) atoms. The van der Waals surface area contributed by atoms with Crippen LogP contribution in [0.4, 0.5) is 0 Å². The number of amides is 1. The van der Waals surface area contributed by atoms with Crippen LogP contribution in [0, 0.1) is 0 Å². The Labute approximate surface area is 120 Å². The number of aromatic nitrogens is 2. The first kappa shape index (κ1) is 14.7. The molecule has 0 aliphatic heterocycles. The number of hydrogen-bond acceptors (Lipinski definition) is 4. The van der Waals surface area contributed by atoms with Gasteiger partial charge in [0.1, 0.15) is 6.04 Å². The number of hydrogen-bond donors (Lipinski definition) is 3. The molecule has 2 aromatic rings. The molecule has 0 spiro atoms. The number of aliphatic carboxylic acids is 1.